The third-order valence-electron chi connectivity index (χ3n) is 12.6. The van der Waals surface area contributed by atoms with Gasteiger partial charge in [-0.15, -0.1) is 0 Å². The first-order valence-electron chi connectivity index (χ1n) is 24.6. The van der Waals surface area contributed by atoms with Crippen LogP contribution in [0.1, 0.15) is 240 Å². The summed E-state index contributed by atoms with van der Waals surface area (Å²) in [6.07, 6.45) is 54.4. The normalized spacial score (nSPS) is 20.8. The fourth-order valence-corrected chi connectivity index (χ4v) is 9.16. The van der Waals surface area contributed by atoms with E-state index in [1.807, 2.05) is 6.92 Å². The van der Waals surface area contributed by atoms with Gasteiger partial charge in [0.1, 0.15) is 0 Å². The molecule has 3 atom stereocenters. The molecule has 0 radical (unpaired) electrons. The van der Waals surface area contributed by atoms with Crippen molar-refractivity contribution >= 4 is 12.2 Å². The van der Waals surface area contributed by atoms with Crippen molar-refractivity contribution in [3.8, 4) is 0 Å². The van der Waals surface area contributed by atoms with Gasteiger partial charge in [-0.05, 0) is 110 Å². The average molecular weight is 768 g/mol. The van der Waals surface area contributed by atoms with E-state index in [4.69, 9.17) is 9.73 Å². The highest BCUT2D eigenvalue weighted by atomic mass is 16.5. The monoisotopic (exact) mass is 768 g/mol. The summed E-state index contributed by atoms with van der Waals surface area (Å²) in [6, 6.07) is 0.723. The molecule has 0 aliphatic carbocycles. The number of allylic oxidation sites excluding steroid dienone is 4. The first-order valence-corrected chi connectivity index (χ1v) is 24.6. The summed E-state index contributed by atoms with van der Waals surface area (Å²) in [5, 5.41) is 0. The van der Waals surface area contributed by atoms with Gasteiger partial charge in [0.15, 0.2) is 0 Å². The smallest absolute Gasteiger partial charge is 0.346 e. The summed E-state index contributed by atoms with van der Waals surface area (Å²) in [6.45, 7) is 12.5. The van der Waals surface area contributed by atoms with E-state index in [1.165, 1.54) is 199 Å². The maximum absolute atomic E-state index is 13.3. The van der Waals surface area contributed by atoms with Crippen molar-refractivity contribution in [3.05, 3.63) is 24.3 Å². The van der Waals surface area contributed by atoms with Crippen molar-refractivity contribution in [1.29, 1.82) is 0 Å². The number of hydrogen-bond acceptors (Lipinski definition) is 5. The zero-order chi connectivity index (χ0) is 39.5. The molecule has 0 aromatic carbocycles. The van der Waals surface area contributed by atoms with E-state index in [0.717, 1.165) is 38.4 Å². The van der Waals surface area contributed by atoms with Crippen LogP contribution in [0.2, 0.25) is 0 Å². The van der Waals surface area contributed by atoms with Crippen LogP contribution in [0, 0.1) is 0 Å². The molecule has 0 saturated carbocycles. The predicted octanol–water partition coefficient (Wildman–Crippen LogP) is 14.7. The van der Waals surface area contributed by atoms with Gasteiger partial charge >= 0.3 is 5.97 Å². The SMILES string of the molecule is CCCCCCCC/C=C\CCCCCCCC1(CCCCCCC/C=C/CCCCCCCC)C=NC(C(=O)OCC)N1CCCN1CCCCC1CC. The Kier molecular flexibility index (Phi) is 31.2. The summed E-state index contributed by atoms with van der Waals surface area (Å²) in [5.41, 5.74) is -0.123. The lowest BCUT2D eigenvalue weighted by atomic mass is 9.85. The Morgan fingerprint density at radius 2 is 1.09 bits per heavy atom. The Bertz CT molecular complexity index is 936. The molecular formula is C50H93N3O2. The molecule has 55 heavy (non-hydrogen) atoms. The number of ether oxygens (including phenoxy) is 1. The van der Waals surface area contributed by atoms with E-state index >= 15 is 0 Å². The second kappa shape index (κ2) is 34.6. The number of piperidine rings is 1. The topological polar surface area (TPSA) is 45.1 Å². The van der Waals surface area contributed by atoms with Crippen LogP contribution < -0.4 is 0 Å². The van der Waals surface area contributed by atoms with Gasteiger partial charge in [0.2, 0.25) is 6.17 Å². The molecule has 0 aromatic rings. The summed E-state index contributed by atoms with van der Waals surface area (Å²) in [5.74, 6) is -0.154. The van der Waals surface area contributed by atoms with Crippen molar-refractivity contribution in [2.45, 2.75) is 257 Å². The van der Waals surface area contributed by atoms with Gasteiger partial charge in [0.05, 0.1) is 12.1 Å². The van der Waals surface area contributed by atoms with Crippen LogP contribution >= 0.6 is 0 Å². The molecule has 5 nitrogen and oxygen atoms in total. The molecular weight excluding hydrogens is 675 g/mol. The second-order valence-electron chi connectivity index (χ2n) is 17.3. The van der Waals surface area contributed by atoms with E-state index in [0.29, 0.717) is 6.61 Å². The Labute approximate surface area is 343 Å². The number of rotatable bonds is 37. The van der Waals surface area contributed by atoms with E-state index in [2.05, 4.69) is 61.1 Å². The van der Waals surface area contributed by atoms with Crippen LogP contribution in [0.5, 0.6) is 0 Å². The molecule has 0 bridgehead atoms. The zero-order valence-corrected chi connectivity index (χ0v) is 37.4. The molecule has 5 heteroatoms. The largest absolute Gasteiger partial charge is 0.463 e. The van der Waals surface area contributed by atoms with Crippen molar-refractivity contribution in [1.82, 2.24) is 9.80 Å². The van der Waals surface area contributed by atoms with Gasteiger partial charge in [-0.1, -0.05) is 167 Å². The first kappa shape index (κ1) is 49.7. The molecule has 2 aliphatic heterocycles. The maximum atomic E-state index is 13.3. The van der Waals surface area contributed by atoms with Crippen molar-refractivity contribution in [2.75, 3.05) is 26.2 Å². The Balaban J connectivity index is 1.86. The number of esters is 1. The van der Waals surface area contributed by atoms with Crippen LogP contribution in [0.15, 0.2) is 29.3 Å². The molecule has 2 rings (SSSR count). The van der Waals surface area contributed by atoms with Crippen LogP contribution in [-0.2, 0) is 9.53 Å². The Morgan fingerprint density at radius 3 is 1.56 bits per heavy atom. The number of nitrogens with zero attached hydrogens (tertiary/aromatic N) is 3. The van der Waals surface area contributed by atoms with Crippen molar-refractivity contribution in [2.24, 2.45) is 4.99 Å². The molecule has 0 spiro atoms. The number of aliphatic imine (C=N–C) groups is 1. The van der Waals surface area contributed by atoms with E-state index in [1.54, 1.807) is 0 Å². The molecule has 1 fully saturated rings. The molecule has 0 amide bonds. The summed E-state index contributed by atoms with van der Waals surface area (Å²) >= 11 is 0. The third-order valence-corrected chi connectivity index (χ3v) is 12.6. The quantitative estimate of drug-likeness (QED) is 0.0359. The first-order chi connectivity index (χ1) is 27.1. The highest BCUT2D eigenvalue weighted by Gasteiger charge is 2.46. The van der Waals surface area contributed by atoms with Gasteiger partial charge in [-0.25, -0.2) is 4.79 Å². The molecule has 320 valence electrons. The van der Waals surface area contributed by atoms with Crippen LogP contribution in [0.3, 0.4) is 0 Å². The maximum Gasteiger partial charge on any atom is 0.346 e. The molecule has 3 unspecified atom stereocenters. The summed E-state index contributed by atoms with van der Waals surface area (Å²) in [4.78, 5) is 23.5. The minimum Gasteiger partial charge on any atom is -0.463 e. The lowest BCUT2D eigenvalue weighted by Crippen LogP contribution is -2.53. The molecule has 2 heterocycles. The van der Waals surface area contributed by atoms with Crippen molar-refractivity contribution in [3.63, 3.8) is 0 Å². The van der Waals surface area contributed by atoms with E-state index < -0.39 is 6.17 Å². The molecule has 0 aromatic heterocycles. The molecule has 0 N–H and O–H groups in total. The number of unbranched alkanes of at least 4 members (excludes halogenated alkanes) is 22. The Hall–Kier alpha value is -1.46. The summed E-state index contributed by atoms with van der Waals surface area (Å²) < 4.78 is 5.63. The zero-order valence-electron chi connectivity index (χ0n) is 37.4. The van der Waals surface area contributed by atoms with Crippen LogP contribution in [-0.4, -0.2) is 66.0 Å². The van der Waals surface area contributed by atoms with E-state index in [9.17, 15) is 4.79 Å². The average Bonchev–Trinajstić information content (AvgIpc) is 3.55. The molecule has 1 saturated heterocycles. The predicted molar refractivity (Wildman–Crippen MR) is 241 cm³/mol. The van der Waals surface area contributed by atoms with Gasteiger partial charge < -0.3 is 9.64 Å². The number of likely N-dealkylation sites (tertiary alicyclic amines) is 1. The third kappa shape index (κ3) is 22.9. The van der Waals surface area contributed by atoms with Crippen molar-refractivity contribution < 1.29 is 9.53 Å². The second-order valence-corrected chi connectivity index (χ2v) is 17.3. The van der Waals surface area contributed by atoms with E-state index in [-0.39, 0.29) is 11.5 Å². The van der Waals surface area contributed by atoms with Gasteiger partial charge in [-0.2, -0.15) is 0 Å². The minimum absolute atomic E-state index is 0.123. The fourth-order valence-electron chi connectivity index (χ4n) is 9.16. The minimum atomic E-state index is -0.477. The summed E-state index contributed by atoms with van der Waals surface area (Å²) in [7, 11) is 0. The number of hydrogen-bond donors (Lipinski definition) is 0. The van der Waals surface area contributed by atoms with Gasteiger partial charge in [-0.3, -0.25) is 9.89 Å². The molecule has 2 aliphatic rings. The Morgan fingerprint density at radius 1 is 0.618 bits per heavy atom. The standard InChI is InChI=1S/C50H93N3O2/c1-5-9-11-13-15-17-19-21-23-25-27-29-31-33-36-41-50(42-37-34-32-30-28-26-24-22-20-18-16-14-12-10-6-2)46-51-48(49(54)55-8-4)53(50)45-39-44-52-43-38-35-40-47(52)7-3/h21-24,46-48H,5-20,25-45H2,1-4H3/b23-21-,24-22+. The van der Waals surface area contributed by atoms with Gasteiger partial charge in [0.25, 0.3) is 0 Å². The van der Waals surface area contributed by atoms with Crippen LogP contribution in [0.4, 0.5) is 0 Å². The highest BCUT2D eigenvalue weighted by Crippen LogP contribution is 2.35. The lowest BCUT2D eigenvalue weighted by molar-refractivity contribution is -0.150. The fraction of sp³-hybridized carbons (Fsp3) is 0.880. The lowest BCUT2D eigenvalue weighted by Gasteiger charge is -2.40. The number of carbonyl (C=O) groups excluding carboxylic acids is 1. The number of carbonyl (C=O) groups is 1. The highest BCUT2D eigenvalue weighted by molar-refractivity contribution is 5.84. The van der Waals surface area contributed by atoms with Gasteiger partial charge in [0, 0.05) is 18.8 Å². The van der Waals surface area contributed by atoms with Crippen LogP contribution in [0.25, 0.3) is 0 Å².